The van der Waals surface area contributed by atoms with Crippen molar-refractivity contribution in [3.05, 3.63) is 0 Å². The Morgan fingerprint density at radius 3 is 2.65 bits per heavy atom. The van der Waals surface area contributed by atoms with E-state index in [9.17, 15) is 0 Å². The summed E-state index contributed by atoms with van der Waals surface area (Å²) >= 11 is 2.01. The Labute approximate surface area is 124 Å². The summed E-state index contributed by atoms with van der Waals surface area (Å²) in [5, 5.41) is 6.48. The summed E-state index contributed by atoms with van der Waals surface area (Å²) in [4.78, 5) is 12.9. The summed E-state index contributed by atoms with van der Waals surface area (Å²) in [6.07, 6.45) is 2.29. The van der Waals surface area contributed by atoms with Crippen molar-refractivity contribution in [3.8, 4) is 6.01 Å². The first kappa shape index (κ1) is 15.2. The predicted octanol–water partition coefficient (Wildman–Crippen LogP) is 2.26. The van der Waals surface area contributed by atoms with Crippen molar-refractivity contribution in [2.75, 3.05) is 41.8 Å². The van der Waals surface area contributed by atoms with Gasteiger partial charge in [0.05, 0.1) is 6.61 Å². The number of hydrogen-bond donors (Lipinski definition) is 2. The van der Waals surface area contributed by atoms with Crippen molar-refractivity contribution in [1.29, 1.82) is 0 Å². The quantitative estimate of drug-likeness (QED) is 0.762. The SMILES string of the molecule is CCCNc1nc(NCC2CCSC2)nc(OCC)n1. The lowest BCUT2D eigenvalue weighted by molar-refractivity contribution is 0.312. The van der Waals surface area contributed by atoms with Crippen LogP contribution in [0, 0.1) is 5.92 Å². The van der Waals surface area contributed by atoms with Crippen LogP contribution in [-0.2, 0) is 0 Å². The molecule has 1 aliphatic rings. The van der Waals surface area contributed by atoms with Gasteiger partial charge in [-0.2, -0.15) is 26.7 Å². The zero-order chi connectivity index (χ0) is 14.2. The highest BCUT2D eigenvalue weighted by Gasteiger charge is 2.16. The minimum atomic E-state index is 0.379. The van der Waals surface area contributed by atoms with Gasteiger partial charge in [-0.3, -0.25) is 0 Å². The molecule has 1 aliphatic heterocycles. The number of hydrogen-bond acceptors (Lipinski definition) is 7. The maximum atomic E-state index is 5.39. The summed E-state index contributed by atoms with van der Waals surface area (Å²) in [6, 6.07) is 0.379. The Balaban J connectivity index is 1.98. The Kier molecular flexibility index (Phi) is 6.17. The molecule has 2 rings (SSSR count). The third-order valence-electron chi connectivity index (χ3n) is 2.99. The number of ether oxygens (including phenoxy) is 1. The van der Waals surface area contributed by atoms with E-state index in [2.05, 4.69) is 32.5 Å². The van der Waals surface area contributed by atoms with Gasteiger partial charge in [0.1, 0.15) is 0 Å². The molecule has 0 aromatic carbocycles. The molecule has 7 heteroatoms. The first-order valence-corrected chi connectivity index (χ1v) is 8.41. The summed E-state index contributed by atoms with van der Waals surface area (Å²) < 4.78 is 5.39. The van der Waals surface area contributed by atoms with Crippen molar-refractivity contribution in [2.45, 2.75) is 26.7 Å². The molecule has 0 radical (unpaired) electrons. The molecule has 0 bridgehead atoms. The second kappa shape index (κ2) is 8.14. The molecule has 1 unspecified atom stereocenters. The summed E-state index contributed by atoms with van der Waals surface area (Å²) in [7, 11) is 0. The van der Waals surface area contributed by atoms with Crippen LogP contribution in [0.5, 0.6) is 6.01 Å². The fourth-order valence-electron chi connectivity index (χ4n) is 1.93. The highest BCUT2D eigenvalue weighted by atomic mass is 32.2. The maximum Gasteiger partial charge on any atom is 0.323 e. The van der Waals surface area contributed by atoms with E-state index in [1.807, 2.05) is 18.7 Å². The zero-order valence-corrected chi connectivity index (χ0v) is 13.0. The van der Waals surface area contributed by atoms with Gasteiger partial charge in [0.25, 0.3) is 0 Å². The zero-order valence-electron chi connectivity index (χ0n) is 12.2. The summed E-state index contributed by atoms with van der Waals surface area (Å²) in [5.41, 5.74) is 0. The highest BCUT2D eigenvalue weighted by molar-refractivity contribution is 7.99. The number of thioether (sulfide) groups is 1. The second-order valence-electron chi connectivity index (χ2n) is 4.74. The lowest BCUT2D eigenvalue weighted by atomic mass is 10.1. The Hall–Kier alpha value is -1.24. The predicted molar refractivity (Wildman–Crippen MR) is 83.7 cm³/mol. The minimum Gasteiger partial charge on any atom is -0.464 e. The van der Waals surface area contributed by atoms with E-state index in [-0.39, 0.29) is 0 Å². The fourth-order valence-corrected chi connectivity index (χ4v) is 3.21. The first-order valence-electron chi connectivity index (χ1n) is 7.26. The lowest BCUT2D eigenvalue weighted by Crippen LogP contribution is -2.17. The first-order chi connectivity index (χ1) is 9.81. The molecule has 2 heterocycles. The van der Waals surface area contributed by atoms with E-state index in [1.165, 1.54) is 17.9 Å². The Morgan fingerprint density at radius 1 is 1.20 bits per heavy atom. The standard InChI is InChI=1S/C13H23N5OS/c1-3-6-14-11-16-12(18-13(17-11)19-4-2)15-8-10-5-7-20-9-10/h10H,3-9H2,1-2H3,(H2,14,15,16,17,18). The van der Waals surface area contributed by atoms with Crippen molar-refractivity contribution in [2.24, 2.45) is 5.92 Å². The molecular weight excluding hydrogens is 274 g/mol. The number of aromatic nitrogens is 3. The Morgan fingerprint density at radius 2 is 2.00 bits per heavy atom. The van der Waals surface area contributed by atoms with E-state index in [0.29, 0.717) is 30.4 Å². The van der Waals surface area contributed by atoms with E-state index in [4.69, 9.17) is 4.74 Å². The fraction of sp³-hybridized carbons (Fsp3) is 0.769. The number of rotatable bonds is 8. The van der Waals surface area contributed by atoms with Gasteiger partial charge in [0.2, 0.25) is 11.9 Å². The molecule has 6 nitrogen and oxygen atoms in total. The van der Waals surface area contributed by atoms with Gasteiger partial charge in [-0.05, 0) is 37.2 Å². The van der Waals surface area contributed by atoms with Crippen molar-refractivity contribution < 1.29 is 4.74 Å². The summed E-state index contributed by atoms with van der Waals surface area (Å²) in [6.45, 7) is 6.33. The minimum absolute atomic E-state index is 0.379. The number of nitrogens with zero attached hydrogens (tertiary/aromatic N) is 3. The van der Waals surface area contributed by atoms with E-state index in [1.54, 1.807) is 0 Å². The second-order valence-corrected chi connectivity index (χ2v) is 5.89. The van der Waals surface area contributed by atoms with E-state index in [0.717, 1.165) is 19.5 Å². The monoisotopic (exact) mass is 297 g/mol. The number of anilines is 2. The van der Waals surface area contributed by atoms with Gasteiger partial charge in [0.15, 0.2) is 0 Å². The average Bonchev–Trinajstić information content (AvgIpc) is 2.96. The van der Waals surface area contributed by atoms with Crippen LogP contribution < -0.4 is 15.4 Å². The van der Waals surface area contributed by atoms with Gasteiger partial charge < -0.3 is 15.4 Å². The molecule has 112 valence electrons. The van der Waals surface area contributed by atoms with Gasteiger partial charge in [-0.1, -0.05) is 6.92 Å². The normalized spacial score (nSPS) is 18.0. The molecule has 0 spiro atoms. The molecule has 2 N–H and O–H groups in total. The number of nitrogens with one attached hydrogen (secondary N) is 2. The third kappa shape index (κ3) is 4.70. The van der Waals surface area contributed by atoms with E-state index < -0.39 is 0 Å². The van der Waals surface area contributed by atoms with Gasteiger partial charge >= 0.3 is 6.01 Å². The van der Waals surface area contributed by atoms with Crippen LogP contribution in [0.1, 0.15) is 26.7 Å². The molecule has 1 aromatic rings. The van der Waals surface area contributed by atoms with Crippen molar-refractivity contribution in [3.63, 3.8) is 0 Å². The molecule has 20 heavy (non-hydrogen) atoms. The van der Waals surface area contributed by atoms with Crippen LogP contribution in [0.25, 0.3) is 0 Å². The molecule has 1 aromatic heterocycles. The molecule has 0 amide bonds. The van der Waals surface area contributed by atoms with Crippen LogP contribution >= 0.6 is 11.8 Å². The topological polar surface area (TPSA) is 72.0 Å². The Bertz CT molecular complexity index is 412. The van der Waals surface area contributed by atoms with E-state index >= 15 is 0 Å². The van der Waals surface area contributed by atoms with Crippen LogP contribution in [0.4, 0.5) is 11.9 Å². The van der Waals surface area contributed by atoms with Crippen molar-refractivity contribution >= 4 is 23.7 Å². The maximum absolute atomic E-state index is 5.39. The smallest absolute Gasteiger partial charge is 0.323 e. The summed E-state index contributed by atoms with van der Waals surface area (Å²) in [5.74, 6) is 4.36. The van der Waals surface area contributed by atoms with Gasteiger partial charge in [-0.15, -0.1) is 0 Å². The van der Waals surface area contributed by atoms with Crippen LogP contribution in [0.3, 0.4) is 0 Å². The average molecular weight is 297 g/mol. The van der Waals surface area contributed by atoms with Crippen LogP contribution in [0.2, 0.25) is 0 Å². The van der Waals surface area contributed by atoms with Gasteiger partial charge in [-0.25, -0.2) is 0 Å². The highest BCUT2D eigenvalue weighted by Crippen LogP contribution is 2.23. The molecule has 0 saturated carbocycles. The molecule has 1 atom stereocenters. The van der Waals surface area contributed by atoms with Crippen LogP contribution in [-0.4, -0.2) is 46.2 Å². The molecule has 1 saturated heterocycles. The molecular formula is C13H23N5OS. The van der Waals surface area contributed by atoms with Gasteiger partial charge in [0, 0.05) is 13.1 Å². The third-order valence-corrected chi connectivity index (χ3v) is 4.23. The molecule has 0 aliphatic carbocycles. The largest absolute Gasteiger partial charge is 0.464 e. The molecule has 1 fully saturated rings. The van der Waals surface area contributed by atoms with Crippen molar-refractivity contribution in [1.82, 2.24) is 15.0 Å². The van der Waals surface area contributed by atoms with Crippen LogP contribution in [0.15, 0.2) is 0 Å². The lowest BCUT2D eigenvalue weighted by Gasteiger charge is -2.12.